The number of aryl methyl sites for hydroxylation is 1. The Balaban J connectivity index is 2.32. The normalized spacial score (nSPS) is 16.0. The highest BCUT2D eigenvalue weighted by Gasteiger charge is 2.29. The fourth-order valence-electron chi connectivity index (χ4n) is 2.03. The molecule has 0 aliphatic rings. The van der Waals surface area contributed by atoms with Crippen LogP contribution in [0.15, 0.2) is 27.4 Å². The molecule has 0 bridgehead atoms. The van der Waals surface area contributed by atoms with Gasteiger partial charge in [-0.2, -0.15) is 0 Å². The maximum atomic E-state index is 12.6. The van der Waals surface area contributed by atoms with Gasteiger partial charge < -0.3 is 8.94 Å². The van der Waals surface area contributed by atoms with Crippen LogP contribution in [0.4, 0.5) is 0 Å². The Hall–Kier alpha value is -1.29. The molecule has 0 spiro atoms. The van der Waals surface area contributed by atoms with E-state index in [9.17, 15) is 9.36 Å². The van der Waals surface area contributed by atoms with E-state index in [1.807, 2.05) is 27.7 Å². The first-order chi connectivity index (χ1) is 10.9. The van der Waals surface area contributed by atoms with Crippen LogP contribution < -0.4 is 10.1 Å². The summed E-state index contributed by atoms with van der Waals surface area (Å²) in [6, 6.07) is 4.87. The molecule has 0 amide bonds. The van der Waals surface area contributed by atoms with Crippen molar-refractivity contribution in [3.63, 3.8) is 0 Å². The molecule has 0 saturated carbocycles. The number of rotatable bonds is 4. The summed E-state index contributed by atoms with van der Waals surface area (Å²) in [5.74, 6) is 0.305. The highest BCUT2D eigenvalue weighted by Crippen LogP contribution is 2.48. The molecule has 0 aliphatic heterocycles. The van der Waals surface area contributed by atoms with Gasteiger partial charge in [-0.15, -0.1) is 0 Å². The average molecular weight is 373 g/mol. The minimum atomic E-state index is -3.32. The van der Waals surface area contributed by atoms with Gasteiger partial charge in [-0.3, -0.25) is 4.52 Å². The lowest BCUT2D eigenvalue weighted by Gasteiger charge is -2.29. The first kappa shape index (κ1) is 19.0. The van der Waals surface area contributed by atoms with E-state index in [4.69, 9.17) is 25.1 Å². The van der Waals surface area contributed by atoms with Crippen molar-refractivity contribution in [1.82, 2.24) is 0 Å². The summed E-state index contributed by atoms with van der Waals surface area (Å²) in [6.45, 7) is 11.0. The second kappa shape index (κ2) is 6.55. The summed E-state index contributed by atoms with van der Waals surface area (Å²) in [4.78, 5) is 11.7. The average Bonchev–Trinajstić information content (AvgIpc) is 2.42. The minimum absolute atomic E-state index is 0.0552. The summed E-state index contributed by atoms with van der Waals surface area (Å²) in [7, 11) is -3.32. The second-order valence-corrected chi connectivity index (χ2v) is 9.28. The zero-order valence-corrected chi connectivity index (χ0v) is 16.3. The van der Waals surface area contributed by atoms with Crippen LogP contribution in [-0.4, -0.2) is 12.8 Å². The summed E-state index contributed by atoms with van der Waals surface area (Å²) in [5.41, 5.74) is 0.171. The van der Waals surface area contributed by atoms with Gasteiger partial charge in [0.2, 0.25) is 0 Å². The molecular weight excluding hydrogens is 351 g/mol. The van der Waals surface area contributed by atoms with E-state index < -0.39 is 13.2 Å². The van der Waals surface area contributed by atoms with Crippen molar-refractivity contribution in [1.29, 1.82) is 0 Å². The smallest absolute Gasteiger partial charge is 0.376 e. The lowest BCUT2D eigenvalue weighted by Crippen LogP contribution is -2.25. The summed E-state index contributed by atoms with van der Waals surface area (Å²) in [5, 5.41) is 0.751. The van der Waals surface area contributed by atoms with Gasteiger partial charge in [-0.1, -0.05) is 32.4 Å². The van der Waals surface area contributed by atoms with E-state index in [2.05, 4.69) is 0 Å². The zero-order valence-electron chi connectivity index (χ0n) is 14.7. The molecule has 0 N–H and O–H groups in total. The molecule has 0 radical (unpaired) electrons. The molecule has 24 heavy (non-hydrogen) atoms. The van der Waals surface area contributed by atoms with Crippen LogP contribution in [0.3, 0.4) is 0 Å². The van der Waals surface area contributed by atoms with Crippen molar-refractivity contribution in [2.75, 3.05) is 6.66 Å². The van der Waals surface area contributed by atoms with Crippen molar-refractivity contribution < 1.29 is 18.0 Å². The third-order valence-electron chi connectivity index (χ3n) is 3.91. The molecule has 0 fully saturated rings. The van der Waals surface area contributed by atoms with Crippen molar-refractivity contribution in [2.45, 2.75) is 40.7 Å². The monoisotopic (exact) mass is 372 g/mol. The number of hydrogen-bond acceptors (Lipinski definition) is 5. The molecule has 2 atom stereocenters. The molecule has 0 saturated heterocycles. The molecule has 2 aromatic rings. The van der Waals surface area contributed by atoms with Crippen molar-refractivity contribution in [2.24, 2.45) is 5.41 Å². The second-order valence-electron chi connectivity index (χ2n) is 6.96. The van der Waals surface area contributed by atoms with Crippen LogP contribution in [0, 0.1) is 12.3 Å². The standard InChI is InChI=1S/C17H22ClO5P/c1-10-13-8-7-12(9-14(13)21-16(19)15(10)18)23-24(6,20)22-11(2)17(3,4)5/h7-9,11H,1-6H3. The number of halogens is 1. The third kappa shape index (κ3) is 4.21. The summed E-state index contributed by atoms with van der Waals surface area (Å²) < 4.78 is 28.9. The Kier molecular flexibility index (Phi) is 5.19. The summed E-state index contributed by atoms with van der Waals surface area (Å²) in [6.07, 6.45) is -0.257. The molecule has 1 heterocycles. The van der Waals surface area contributed by atoms with Crippen LogP contribution in [0.5, 0.6) is 5.75 Å². The molecule has 2 unspecified atom stereocenters. The van der Waals surface area contributed by atoms with Crippen molar-refractivity contribution >= 4 is 30.2 Å². The highest BCUT2D eigenvalue weighted by atomic mass is 35.5. The minimum Gasteiger partial charge on any atom is -0.424 e. The van der Waals surface area contributed by atoms with Gasteiger partial charge in [0.25, 0.3) is 0 Å². The maximum Gasteiger partial charge on any atom is 0.376 e. The predicted molar refractivity (Wildman–Crippen MR) is 96.4 cm³/mol. The van der Waals surface area contributed by atoms with Gasteiger partial charge in [0.1, 0.15) is 16.4 Å². The van der Waals surface area contributed by atoms with E-state index in [0.29, 0.717) is 22.3 Å². The molecular formula is C17H22ClO5P. The zero-order chi connectivity index (χ0) is 18.3. The van der Waals surface area contributed by atoms with E-state index in [0.717, 1.165) is 0 Å². The first-order valence-electron chi connectivity index (χ1n) is 7.59. The predicted octanol–water partition coefficient (Wildman–Crippen LogP) is 5.41. The quantitative estimate of drug-likeness (QED) is 0.530. The highest BCUT2D eigenvalue weighted by molar-refractivity contribution is 7.53. The molecule has 1 aromatic heterocycles. The maximum absolute atomic E-state index is 12.6. The molecule has 0 aliphatic carbocycles. The third-order valence-corrected chi connectivity index (χ3v) is 5.59. The van der Waals surface area contributed by atoms with Crippen LogP contribution in [0.2, 0.25) is 5.02 Å². The Morgan fingerprint density at radius 2 is 1.92 bits per heavy atom. The Labute approximate surface area is 146 Å². The van der Waals surface area contributed by atoms with Gasteiger partial charge in [-0.05, 0) is 37.0 Å². The molecule has 2 rings (SSSR count). The van der Waals surface area contributed by atoms with E-state index in [1.165, 1.54) is 12.7 Å². The lowest BCUT2D eigenvalue weighted by molar-refractivity contribution is 0.0935. The van der Waals surface area contributed by atoms with Crippen molar-refractivity contribution in [3.8, 4) is 5.75 Å². The summed E-state index contributed by atoms with van der Waals surface area (Å²) >= 11 is 5.90. The fourth-order valence-corrected chi connectivity index (χ4v) is 3.60. The first-order valence-corrected chi connectivity index (χ1v) is 9.96. The van der Waals surface area contributed by atoms with Crippen LogP contribution >= 0.6 is 19.2 Å². The van der Waals surface area contributed by atoms with Gasteiger partial charge in [0.05, 0.1) is 6.10 Å². The molecule has 7 heteroatoms. The number of fused-ring (bicyclic) bond motifs is 1. The van der Waals surface area contributed by atoms with Gasteiger partial charge in [-0.25, -0.2) is 9.36 Å². The number of hydrogen-bond donors (Lipinski definition) is 0. The van der Waals surface area contributed by atoms with E-state index in [1.54, 1.807) is 19.1 Å². The topological polar surface area (TPSA) is 65.7 Å². The Morgan fingerprint density at radius 3 is 2.50 bits per heavy atom. The van der Waals surface area contributed by atoms with Crippen LogP contribution in [-0.2, 0) is 9.09 Å². The van der Waals surface area contributed by atoms with E-state index in [-0.39, 0.29) is 16.5 Å². The van der Waals surface area contributed by atoms with Gasteiger partial charge in [0, 0.05) is 18.1 Å². The van der Waals surface area contributed by atoms with Crippen LogP contribution in [0.1, 0.15) is 33.3 Å². The van der Waals surface area contributed by atoms with Crippen molar-refractivity contribution in [3.05, 3.63) is 39.2 Å². The largest absolute Gasteiger partial charge is 0.424 e. The van der Waals surface area contributed by atoms with E-state index >= 15 is 0 Å². The SMILES string of the molecule is Cc1c(Cl)c(=O)oc2cc(OP(C)(=O)OC(C)C(C)(C)C)ccc12. The molecule has 132 valence electrons. The molecule has 1 aromatic carbocycles. The lowest BCUT2D eigenvalue weighted by atomic mass is 9.91. The number of benzene rings is 1. The van der Waals surface area contributed by atoms with Crippen LogP contribution in [0.25, 0.3) is 11.0 Å². The fraction of sp³-hybridized carbons (Fsp3) is 0.471. The van der Waals surface area contributed by atoms with Gasteiger partial charge >= 0.3 is 13.2 Å². The Morgan fingerprint density at radius 1 is 1.29 bits per heavy atom. The molecule has 5 nitrogen and oxygen atoms in total. The Bertz CT molecular complexity index is 866. The van der Waals surface area contributed by atoms with Gasteiger partial charge in [0.15, 0.2) is 0 Å².